The molecule has 0 fully saturated rings. The van der Waals surface area contributed by atoms with Gasteiger partial charge in [-0.1, -0.05) is 38.3 Å². The van der Waals surface area contributed by atoms with E-state index in [9.17, 15) is 0 Å². The molecule has 0 aliphatic heterocycles. The van der Waals surface area contributed by atoms with Crippen LogP contribution in [0.4, 0.5) is 0 Å². The number of hydrogen-bond donors (Lipinski definition) is 0. The van der Waals surface area contributed by atoms with Gasteiger partial charge < -0.3 is 0 Å². The minimum atomic E-state index is 1.08. The van der Waals surface area contributed by atoms with Gasteiger partial charge in [0.15, 0.2) is 0 Å². The van der Waals surface area contributed by atoms with Crippen LogP contribution in [0.5, 0.6) is 0 Å². The lowest BCUT2D eigenvalue weighted by molar-refractivity contribution is 0.685. The van der Waals surface area contributed by atoms with E-state index in [0.717, 1.165) is 6.42 Å². The van der Waals surface area contributed by atoms with Crippen molar-refractivity contribution >= 4 is 0 Å². The van der Waals surface area contributed by atoms with Gasteiger partial charge >= 0.3 is 0 Å². The van der Waals surface area contributed by atoms with Gasteiger partial charge in [0.05, 0.1) is 0 Å². The van der Waals surface area contributed by atoms with Crippen molar-refractivity contribution in [3.8, 4) is 0 Å². The SMILES string of the molecule is [CH2]CCCCCc1cc(C)c(C)c(C)c1. The third-order valence-electron chi connectivity index (χ3n) is 3.20. The molecule has 1 aromatic carbocycles. The minimum Gasteiger partial charge on any atom is -0.0558 e. The molecular weight excluding hydrogens is 180 g/mol. The third kappa shape index (κ3) is 3.70. The summed E-state index contributed by atoms with van der Waals surface area (Å²) in [6, 6.07) is 4.68. The van der Waals surface area contributed by atoms with E-state index >= 15 is 0 Å². The molecule has 0 aliphatic rings. The molecule has 15 heavy (non-hydrogen) atoms. The van der Waals surface area contributed by atoms with Gasteiger partial charge in [0, 0.05) is 0 Å². The first-order valence-electron chi connectivity index (χ1n) is 6.01. The summed E-state index contributed by atoms with van der Waals surface area (Å²) in [5.41, 5.74) is 5.81. The lowest BCUT2D eigenvalue weighted by atomic mass is 9.97. The van der Waals surface area contributed by atoms with Gasteiger partial charge in [-0.3, -0.25) is 0 Å². The van der Waals surface area contributed by atoms with Crippen molar-refractivity contribution in [3.05, 3.63) is 41.3 Å². The van der Waals surface area contributed by atoms with Crippen LogP contribution in [0.1, 0.15) is 47.9 Å². The van der Waals surface area contributed by atoms with Crippen LogP contribution in [0.2, 0.25) is 0 Å². The molecular formula is C15H23. The average molecular weight is 203 g/mol. The largest absolute Gasteiger partial charge is 0.0558 e. The Balaban J connectivity index is 2.55. The van der Waals surface area contributed by atoms with Gasteiger partial charge in [-0.25, -0.2) is 0 Å². The van der Waals surface area contributed by atoms with Crippen molar-refractivity contribution in [2.45, 2.75) is 52.9 Å². The fourth-order valence-electron chi connectivity index (χ4n) is 1.95. The van der Waals surface area contributed by atoms with Crippen molar-refractivity contribution in [2.24, 2.45) is 0 Å². The monoisotopic (exact) mass is 203 g/mol. The molecule has 0 aromatic heterocycles. The second-order valence-corrected chi connectivity index (χ2v) is 4.52. The van der Waals surface area contributed by atoms with Gasteiger partial charge in [0.25, 0.3) is 0 Å². The van der Waals surface area contributed by atoms with Crippen molar-refractivity contribution in [3.63, 3.8) is 0 Å². The van der Waals surface area contributed by atoms with Gasteiger partial charge in [0.1, 0.15) is 0 Å². The predicted molar refractivity (Wildman–Crippen MR) is 68.2 cm³/mol. The molecule has 0 heteroatoms. The molecule has 0 N–H and O–H groups in total. The fourth-order valence-corrected chi connectivity index (χ4v) is 1.95. The van der Waals surface area contributed by atoms with Gasteiger partial charge in [-0.2, -0.15) is 0 Å². The van der Waals surface area contributed by atoms with Crippen molar-refractivity contribution in [1.82, 2.24) is 0 Å². The second kappa shape index (κ2) is 5.95. The van der Waals surface area contributed by atoms with Crippen LogP contribution < -0.4 is 0 Å². The molecule has 0 atom stereocenters. The van der Waals surface area contributed by atoms with Crippen LogP contribution in [0.25, 0.3) is 0 Å². The Morgan fingerprint density at radius 1 is 0.933 bits per heavy atom. The summed E-state index contributed by atoms with van der Waals surface area (Å²) in [5.74, 6) is 0. The van der Waals surface area contributed by atoms with E-state index in [1.807, 2.05) is 0 Å². The topological polar surface area (TPSA) is 0 Å². The minimum absolute atomic E-state index is 1.08. The lowest BCUT2D eigenvalue weighted by Crippen LogP contribution is -1.92. The zero-order valence-corrected chi connectivity index (χ0v) is 10.4. The van der Waals surface area contributed by atoms with E-state index in [4.69, 9.17) is 0 Å². The Morgan fingerprint density at radius 2 is 1.53 bits per heavy atom. The van der Waals surface area contributed by atoms with Crippen molar-refractivity contribution in [2.75, 3.05) is 0 Å². The Morgan fingerprint density at radius 3 is 2.07 bits per heavy atom. The van der Waals surface area contributed by atoms with E-state index in [-0.39, 0.29) is 0 Å². The van der Waals surface area contributed by atoms with Crippen molar-refractivity contribution in [1.29, 1.82) is 0 Å². The number of benzene rings is 1. The molecule has 83 valence electrons. The molecule has 0 spiro atoms. The van der Waals surface area contributed by atoms with Crippen LogP contribution >= 0.6 is 0 Å². The summed E-state index contributed by atoms with van der Waals surface area (Å²) in [6.07, 6.45) is 6.19. The van der Waals surface area contributed by atoms with Gasteiger partial charge in [-0.15, -0.1) is 0 Å². The molecule has 0 amide bonds. The molecule has 0 aliphatic carbocycles. The first-order valence-corrected chi connectivity index (χ1v) is 6.01. The van der Waals surface area contributed by atoms with Crippen molar-refractivity contribution < 1.29 is 0 Å². The van der Waals surface area contributed by atoms with E-state index in [1.165, 1.54) is 47.9 Å². The summed E-state index contributed by atoms with van der Waals surface area (Å²) in [5, 5.41) is 0. The van der Waals surface area contributed by atoms with E-state index < -0.39 is 0 Å². The lowest BCUT2D eigenvalue weighted by Gasteiger charge is -2.08. The molecule has 1 rings (SSSR count). The summed E-state index contributed by atoms with van der Waals surface area (Å²) in [7, 11) is 0. The molecule has 1 radical (unpaired) electrons. The smallest absolute Gasteiger partial charge is 0.0279 e. The third-order valence-corrected chi connectivity index (χ3v) is 3.20. The Bertz CT molecular complexity index is 287. The molecule has 0 saturated carbocycles. The van der Waals surface area contributed by atoms with Crippen LogP contribution in [-0.4, -0.2) is 0 Å². The first-order chi connectivity index (χ1) is 7.15. The maximum Gasteiger partial charge on any atom is -0.0279 e. The molecule has 1 aromatic rings. The van der Waals surface area contributed by atoms with Crippen LogP contribution in [0.15, 0.2) is 12.1 Å². The normalized spacial score (nSPS) is 10.7. The Hall–Kier alpha value is -0.780. The number of unbranched alkanes of at least 4 members (excludes halogenated alkanes) is 3. The van der Waals surface area contributed by atoms with Gasteiger partial charge in [0.2, 0.25) is 0 Å². The van der Waals surface area contributed by atoms with E-state index in [1.54, 1.807) is 0 Å². The Labute approximate surface area is 94.7 Å². The zero-order valence-electron chi connectivity index (χ0n) is 10.4. The zero-order chi connectivity index (χ0) is 11.3. The van der Waals surface area contributed by atoms with Crippen LogP contribution in [0, 0.1) is 27.7 Å². The number of rotatable bonds is 5. The molecule has 0 unspecified atom stereocenters. The summed E-state index contributed by atoms with van der Waals surface area (Å²) in [6.45, 7) is 10.5. The summed E-state index contributed by atoms with van der Waals surface area (Å²) >= 11 is 0. The predicted octanol–water partition coefficient (Wildman–Crippen LogP) is 4.55. The molecule has 0 saturated heterocycles. The highest BCUT2D eigenvalue weighted by Gasteiger charge is 2.00. The highest BCUT2D eigenvalue weighted by Crippen LogP contribution is 2.17. The molecule has 0 heterocycles. The Kier molecular flexibility index (Phi) is 4.87. The maximum absolute atomic E-state index is 3.87. The number of hydrogen-bond acceptors (Lipinski definition) is 0. The van der Waals surface area contributed by atoms with Crippen LogP contribution in [-0.2, 0) is 6.42 Å². The second-order valence-electron chi connectivity index (χ2n) is 4.52. The standard InChI is InChI=1S/C15H23/c1-5-6-7-8-9-15-10-12(2)14(4)13(3)11-15/h10-11H,1,5-9H2,2-4H3. The van der Waals surface area contributed by atoms with E-state index in [2.05, 4.69) is 39.8 Å². The van der Waals surface area contributed by atoms with Gasteiger partial charge in [-0.05, 0) is 55.9 Å². The molecule has 0 nitrogen and oxygen atoms in total. The molecule has 0 bridgehead atoms. The quantitative estimate of drug-likeness (QED) is 0.616. The first kappa shape index (κ1) is 12.3. The van der Waals surface area contributed by atoms with E-state index in [0.29, 0.717) is 0 Å². The summed E-state index contributed by atoms with van der Waals surface area (Å²) in [4.78, 5) is 0. The fraction of sp³-hybridized carbons (Fsp3) is 0.533. The maximum atomic E-state index is 3.87. The van der Waals surface area contributed by atoms with Crippen LogP contribution in [0.3, 0.4) is 0 Å². The number of aryl methyl sites for hydroxylation is 3. The highest BCUT2D eigenvalue weighted by molar-refractivity contribution is 5.36. The highest BCUT2D eigenvalue weighted by atomic mass is 14.1. The average Bonchev–Trinajstić information content (AvgIpc) is 2.21. The summed E-state index contributed by atoms with van der Waals surface area (Å²) < 4.78 is 0.